The van der Waals surface area contributed by atoms with Crippen LogP contribution >= 0.6 is 11.6 Å². The molecule has 0 radical (unpaired) electrons. The smallest absolute Gasteiger partial charge is 0.255 e. The number of halogens is 1. The summed E-state index contributed by atoms with van der Waals surface area (Å²) in [5.41, 5.74) is 0.844. The van der Waals surface area contributed by atoms with Crippen molar-refractivity contribution in [3.63, 3.8) is 0 Å². The van der Waals surface area contributed by atoms with E-state index < -0.39 is 0 Å². The zero-order valence-corrected chi connectivity index (χ0v) is 15.6. The Bertz CT molecular complexity index is 686. The minimum Gasteiger partial charge on any atom is -0.494 e. The number of amides is 2. The van der Waals surface area contributed by atoms with Crippen LogP contribution in [0.4, 0.5) is 5.69 Å². The van der Waals surface area contributed by atoms with Crippen LogP contribution in [-0.4, -0.2) is 56.5 Å². The molecule has 3 saturated heterocycles. The maximum Gasteiger partial charge on any atom is 0.255 e. The van der Waals surface area contributed by atoms with E-state index in [1.165, 1.54) is 18.9 Å². The van der Waals surface area contributed by atoms with Gasteiger partial charge in [0.25, 0.3) is 5.91 Å². The Labute approximate surface area is 153 Å². The van der Waals surface area contributed by atoms with Gasteiger partial charge in [-0.05, 0) is 44.0 Å². The summed E-state index contributed by atoms with van der Waals surface area (Å²) >= 11 is 6.20. The highest BCUT2D eigenvalue weighted by molar-refractivity contribution is 6.31. The molecular formula is C18H24ClN3O3. The monoisotopic (exact) mass is 365 g/mol. The number of anilines is 1. The van der Waals surface area contributed by atoms with E-state index in [0.29, 0.717) is 27.9 Å². The van der Waals surface area contributed by atoms with E-state index in [0.717, 1.165) is 32.5 Å². The summed E-state index contributed by atoms with van der Waals surface area (Å²) in [4.78, 5) is 28.4. The molecule has 1 unspecified atom stereocenters. The highest BCUT2D eigenvalue weighted by Crippen LogP contribution is 2.35. The van der Waals surface area contributed by atoms with Crippen LogP contribution in [-0.2, 0) is 4.79 Å². The molecule has 1 N–H and O–H groups in total. The number of hydrogen-bond acceptors (Lipinski definition) is 4. The summed E-state index contributed by atoms with van der Waals surface area (Å²) in [6.45, 7) is 4.57. The number of benzene rings is 1. The van der Waals surface area contributed by atoms with Gasteiger partial charge in [0.2, 0.25) is 5.91 Å². The Balaban J connectivity index is 1.88. The molecule has 7 heteroatoms. The molecule has 0 spiro atoms. The SMILES string of the molecule is COc1c(C(=O)NC2CN3CCC2CC3)cc(Cl)cc1N(C)C(C)=O. The molecule has 25 heavy (non-hydrogen) atoms. The molecule has 3 heterocycles. The molecule has 1 atom stereocenters. The van der Waals surface area contributed by atoms with E-state index in [1.54, 1.807) is 19.2 Å². The van der Waals surface area contributed by atoms with Gasteiger partial charge in [0.15, 0.2) is 5.75 Å². The summed E-state index contributed by atoms with van der Waals surface area (Å²) in [7, 11) is 3.12. The number of rotatable bonds is 4. The summed E-state index contributed by atoms with van der Waals surface area (Å²) in [5, 5.41) is 3.53. The van der Waals surface area contributed by atoms with Gasteiger partial charge in [0, 0.05) is 31.6 Å². The molecular weight excluding hydrogens is 342 g/mol. The third-order valence-corrected chi connectivity index (χ3v) is 5.51. The van der Waals surface area contributed by atoms with Crippen molar-refractivity contribution in [2.24, 2.45) is 5.92 Å². The van der Waals surface area contributed by atoms with Crippen LogP contribution in [0.15, 0.2) is 12.1 Å². The first kappa shape index (κ1) is 18.0. The van der Waals surface area contributed by atoms with Crippen molar-refractivity contribution in [3.8, 4) is 5.75 Å². The fourth-order valence-corrected chi connectivity index (χ4v) is 3.97. The van der Waals surface area contributed by atoms with Crippen LogP contribution < -0.4 is 15.0 Å². The fourth-order valence-electron chi connectivity index (χ4n) is 3.76. The standard InChI is InChI=1S/C18H24ClN3O3/c1-11(23)21(2)16-9-13(19)8-14(17(16)25-3)18(24)20-15-10-22-6-4-12(15)5-7-22/h8-9,12,15H,4-7,10H2,1-3H3,(H,20,24). The first-order chi connectivity index (χ1) is 11.9. The van der Waals surface area contributed by atoms with Crippen molar-refractivity contribution in [1.29, 1.82) is 0 Å². The third-order valence-electron chi connectivity index (χ3n) is 5.29. The molecule has 2 amide bonds. The average molecular weight is 366 g/mol. The topological polar surface area (TPSA) is 61.9 Å². The summed E-state index contributed by atoms with van der Waals surface area (Å²) < 4.78 is 5.45. The fraction of sp³-hybridized carbons (Fsp3) is 0.556. The summed E-state index contributed by atoms with van der Waals surface area (Å²) in [6.07, 6.45) is 2.24. The predicted octanol–water partition coefficient (Wildman–Crippen LogP) is 2.16. The molecule has 0 aliphatic carbocycles. The second-order valence-corrected chi connectivity index (χ2v) is 7.24. The summed E-state index contributed by atoms with van der Waals surface area (Å²) in [6, 6.07) is 3.37. The lowest BCUT2D eigenvalue weighted by atomic mass is 9.84. The molecule has 0 aromatic heterocycles. The van der Waals surface area contributed by atoms with Crippen molar-refractivity contribution in [1.82, 2.24) is 10.2 Å². The number of carbonyl (C=O) groups is 2. The zero-order valence-electron chi connectivity index (χ0n) is 14.8. The highest BCUT2D eigenvalue weighted by Gasteiger charge is 2.35. The molecule has 3 fully saturated rings. The zero-order chi connectivity index (χ0) is 18.1. The number of carbonyl (C=O) groups excluding carboxylic acids is 2. The van der Waals surface area contributed by atoms with Gasteiger partial charge in [-0.1, -0.05) is 11.6 Å². The Morgan fingerprint density at radius 2 is 2.00 bits per heavy atom. The minimum absolute atomic E-state index is 0.146. The van der Waals surface area contributed by atoms with E-state index >= 15 is 0 Å². The van der Waals surface area contributed by atoms with Gasteiger partial charge in [-0.3, -0.25) is 9.59 Å². The van der Waals surface area contributed by atoms with Crippen molar-refractivity contribution in [3.05, 3.63) is 22.7 Å². The van der Waals surface area contributed by atoms with Crippen molar-refractivity contribution >= 4 is 29.1 Å². The maximum atomic E-state index is 12.9. The lowest BCUT2D eigenvalue weighted by Gasteiger charge is -2.45. The highest BCUT2D eigenvalue weighted by atomic mass is 35.5. The second-order valence-electron chi connectivity index (χ2n) is 6.80. The van der Waals surface area contributed by atoms with Crippen molar-refractivity contribution in [2.75, 3.05) is 38.7 Å². The number of piperidine rings is 3. The minimum atomic E-state index is -0.212. The van der Waals surface area contributed by atoms with Crippen LogP contribution in [0.3, 0.4) is 0 Å². The van der Waals surface area contributed by atoms with E-state index in [9.17, 15) is 9.59 Å². The molecule has 2 bridgehead atoms. The largest absolute Gasteiger partial charge is 0.494 e. The summed E-state index contributed by atoms with van der Waals surface area (Å²) in [5.74, 6) is 0.514. The van der Waals surface area contributed by atoms with Crippen LogP contribution in [0.2, 0.25) is 5.02 Å². The molecule has 136 valence electrons. The van der Waals surface area contributed by atoms with Crippen LogP contribution in [0, 0.1) is 5.92 Å². The third kappa shape index (κ3) is 3.60. The van der Waals surface area contributed by atoms with Gasteiger partial charge in [0.1, 0.15) is 0 Å². The first-order valence-electron chi connectivity index (χ1n) is 8.55. The molecule has 3 aliphatic rings. The lowest BCUT2D eigenvalue weighted by Crippen LogP contribution is -2.57. The Morgan fingerprint density at radius 3 is 2.52 bits per heavy atom. The van der Waals surface area contributed by atoms with Gasteiger partial charge in [-0.25, -0.2) is 0 Å². The van der Waals surface area contributed by atoms with Gasteiger partial charge in [0.05, 0.1) is 18.4 Å². The Kier molecular flexibility index (Phi) is 5.20. The normalized spacial score (nSPS) is 24.7. The molecule has 1 aromatic rings. The van der Waals surface area contributed by atoms with E-state index in [4.69, 9.17) is 16.3 Å². The van der Waals surface area contributed by atoms with E-state index in [2.05, 4.69) is 10.2 Å². The molecule has 0 saturated carbocycles. The van der Waals surface area contributed by atoms with Crippen LogP contribution in [0.25, 0.3) is 0 Å². The van der Waals surface area contributed by atoms with Gasteiger partial charge < -0.3 is 19.9 Å². The first-order valence-corrected chi connectivity index (χ1v) is 8.93. The van der Waals surface area contributed by atoms with Gasteiger partial charge >= 0.3 is 0 Å². The van der Waals surface area contributed by atoms with Gasteiger partial charge in [-0.2, -0.15) is 0 Å². The Morgan fingerprint density at radius 1 is 1.32 bits per heavy atom. The van der Waals surface area contributed by atoms with Crippen LogP contribution in [0.1, 0.15) is 30.1 Å². The maximum absolute atomic E-state index is 12.9. The second kappa shape index (κ2) is 7.22. The number of fused-ring (bicyclic) bond motifs is 3. The molecule has 6 nitrogen and oxygen atoms in total. The van der Waals surface area contributed by atoms with Crippen molar-refractivity contribution in [2.45, 2.75) is 25.8 Å². The predicted molar refractivity (Wildman–Crippen MR) is 97.5 cm³/mol. The number of nitrogens with one attached hydrogen (secondary N) is 1. The average Bonchev–Trinajstić information content (AvgIpc) is 2.61. The molecule has 4 rings (SSSR count). The lowest BCUT2D eigenvalue weighted by molar-refractivity contribution is -0.116. The van der Waals surface area contributed by atoms with Crippen LogP contribution in [0.5, 0.6) is 5.75 Å². The van der Waals surface area contributed by atoms with Crippen molar-refractivity contribution < 1.29 is 14.3 Å². The number of ether oxygens (including phenoxy) is 1. The van der Waals surface area contributed by atoms with E-state index in [1.807, 2.05) is 0 Å². The molecule has 3 aliphatic heterocycles. The number of nitrogens with zero attached hydrogens (tertiary/aromatic N) is 2. The number of methoxy groups -OCH3 is 1. The molecule has 1 aromatic carbocycles. The van der Waals surface area contributed by atoms with E-state index in [-0.39, 0.29) is 17.9 Å². The number of hydrogen-bond donors (Lipinski definition) is 1. The Hall–Kier alpha value is -1.79. The van der Waals surface area contributed by atoms with Gasteiger partial charge in [-0.15, -0.1) is 0 Å². The quantitative estimate of drug-likeness (QED) is 0.888.